The molecule has 0 bridgehead atoms. The number of urea groups is 1. The lowest BCUT2D eigenvalue weighted by Gasteiger charge is -2.40. The van der Waals surface area contributed by atoms with Crippen LogP contribution in [0.5, 0.6) is 0 Å². The van der Waals surface area contributed by atoms with Gasteiger partial charge in [0.1, 0.15) is 37.3 Å². The number of aromatic nitrogens is 2. The van der Waals surface area contributed by atoms with Crippen molar-refractivity contribution < 1.29 is 75.5 Å². The van der Waals surface area contributed by atoms with E-state index in [0.29, 0.717) is 63.1 Å². The number of alkyl carbamates (subject to hydrolysis) is 1. The van der Waals surface area contributed by atoms with E-state index in [1.807, 2.05) is 51.1 Å². The summed E-state index contributed by atoms with van der Waals surface area (Å²) in [6.07, 6.45) is 0.688. The van der Waals surface area contributed by atoms with Crippen LogP contribution in [-0.4, -0.2) is 165 Å². The molecule has 23 nitrogen and oxygen atoms in total. The summed E-state index contributed by atoms with van der Waals surface area (Å²) < 4.78 is 73.3. The summed E-state index contributed by atoms with van der Waals surface area (Å²) in [5.74, 6) is -4.58. The third kappa shape index (κ3) is 25.6. The Morgan fingerprint density at radius 1 is 0.779 bits per heavy atom. The highest BCUT2D eigenvalue weighted by atomic mass is 19.1. The molecule has 0 radical (unpaired) electrons. The van der Waals surface area contributed by atoms with Crippen molar-refractivity contribution in [2.75, 3.05) is 97.6 Å². The molecular formula is C60H85F3N10O13. The number of hydrogen-bond donors (Lipinski definition) is 8. The minimum atomic E-state index is -1.15. The van der Waals surface area contributed by atoms with Crippen LogP contribution < -0.4 is 38.1 Å². The monoisotopic (exact) mass is 1210 g/mol. The van der Waals surface area contributed by atoms with Crippen molar-refractivity contribution in [3.63, 3.8) is 0 Å². The largest absolute Gasteiger partial charge is 0.445 e. The molecule has 4 atom stereocenters. The Hall–Kier alpha value is -7.49. The molecule has 0 saturated carbocycles. The van der Waals surface area contributed by atoms with Crippen LogP contribution in [0.1, 0.15) is 89.7 Å². The molecule has 474 valence electrons. The number of carbonyl (C=O) groups is 7. The van der Waals surface area contributed by atoms with Crippen molar-refractivity contribution in [3.8, 4) is 11.3 Å². The number of ether oxygens (including phenoxy) is 5. The second-order valence-electron chi connectivity index (χ2n) is 21.6. The average molecular weight is 1210 g/mol. The molecule has 26 heteroatoms. The summed E-state index contributed by atoms with van der Waals surface area (Å²) in [5, 5.41) is 23.4. The molecule has 10 N–H and O–H groups in total. The first kappa shape index (κ1) is 71.0. The lowest BCUT2D eigenvalue weighted by molar-refractivity contribution is -0.140. The van der Waals surface area contributed by atoms with Crippen molar-refractivity contribution in [2.24, 2.45) is 28.7 Å². The van der Waals surface area contributed by atoms with Gasteiger partial charge in [-0.2, -0.15) is 0 Å². The fourth-order valence-electron chi connectivity index (χ4n) is 9.01. The maximum absolute atomic E-state index is 15.2. The van der Waals surface area contributed by atoms with Crippen molar-refractivity contribution >= 4 is 47.2 Å². The zero-order chi connectivity index (χ0) is 63.0. The highest BCUT2D eigenvalue weighted by Crippen LogP contribution is 2.40. The third-order valence-electron chi connectivity index (χ3n) is 13.4. The number of imidazole rings is 1. The lowest BCUT2D eigenvalue weighted by Crippen LogP contribution is -2.46. The third-order valence-corrected chi connectivity index (χ3v) is 13.4. The fourth-order valence-corrected chi connectivity index (χ4v) is 9.01. The summed E-state index contributed by atoms with van der Waals surface area (Å²) >= 11 is 0. The molecule has 0 aliphatic carbocycles. The van der Waals surface area contributed by atoms with E-state index in [1.165, 1.54) is 4.90 Å². The highest BCUT2D eigenvalue weighted by molar-refractivity contribution is 5.97. The van der Waals surface area contributed by atoms with Crippen LogP contribution in [0.25, 0.3) is 11.3 Å². The summed E-state index contributed by atoms with van der Waals surface area (Å²) in [7, 11) is 0. The zero-order valence-corrected chi connectivity index (χ0v) is 49.7. The number of aliphatic hydroxyl groups excluding tert-OH is 1. The van der Waals surface area contributed by atoms with Gasteiger partial charge in [0, 0.05) is 62.4 Å². The van der Waals surface area contributed by atoms with Crippen LogP contribution in [0.3, 0.4) is 0 Å². The number of hydrogen-bond acceptors (Lipinski definition) is 15. The second-order valence-corrected chi connectivity index (χ2v) is 21.6. The van der Waals surface area contributed by atoms with Crippen molar-refractivity contribution in [1.29, 1.82) is 0 Å². The second kappa shape index (κ2) is 37.8. The van der Waals surface area contributed by atoms with Crippen LogP contribution in [0.2, 0.25) is 0 Å². The van der Waals surface area contributed by atoms with E-state index >= 15 is 4.39 Å². The van der Waals surface area contributed by atoms with Gasteiger partial charge >= 0.3 is 12.1 Å². The van der Waals surface area contributed by atoms with Crippen LogP contribution in [-0.2, 0) is 60.8 Å². The molecule has 7 amide bonds. The molecule has 0 saturated heterocycles. The van der Waals surface area contributed by atoms with Gasteiger partial charge in [0.25, 0.3) is 0 Å². The van der Waals surface area contributed by atoms with Gasteiger partial charge in [-0.05, 0) is 72.1 Å². The Morgan fingerprint density at radius 3 is 2.03 bits per heavy atom. The zero-order valence-electron chi connectivity index (χ0n) is 49.7. The number of nitrogens with zero attached hydrogens (tertiary/aromatic N) is 3. The van der Waals surface area contributed by atoms with Gasteiger partial charge in [0.2, 0.25) is 23.6 Å². The summed E-state index contributed by atoms with van der Waals surface area (Å²) in [6.45, 7) is 9.56. The van der Waals surface area contributed by atoms with Crippen molar-refractivity contribution in [2.45, 2.75) is 98.0 Å². The van der Waals surface area contributed by atoms with Gasteiger partial charge in [-0.3, -0.25) is 24.0 Å². The van der Waals surface area contributed by atoms with Gasteiger partial charge < -0.3 is 76.3 Å². The minimum absolute atomic E-state index is 0.0325. The molecule has 1 heterocycles. The van der Waals surface area contributed by atoms with Crippen LogP contribution in [0, 0.1) is 28.9 Å². The molecule has 0 aliphatic rings. The van der Waals surface area contributed by atoms with E-state index in [9.17, 15) is 47.4 Å². The minimum Gasteiger partial charge on any atom is -0.445 e. The average Bonchev–Trinajstić information content (AvgIpc) is 2.08. The van der Waals surface area contributed by atoms with Gasteiger partial charge in [0.05, 0.1) is 83.2 Å². The molecule has 86 heavy (non-hydrogen) atoms. The Kier molecular flexibility index (Phi) is 31.2. The Balaban J connectivity index is 1.30. The highest BCUT2D eigenvalue weighted by Gasteiger charge is 2.39. The number of anilines is 1. The van der Waals surface area contributed by atoms with Crippen LogP contribution in [0.4, 0.5) is 28.4 Å². The number of amides is 7. The number of ketones is 1. The molecule has 1 aromatic heterocycles. The maximum Gasteiger partial charge on any atom is 0.407 e. The number of Topliss-reactive ketones (excluding diaryl/α,β-unsaturated/α-hetero) is 1. The predicted octanol–water partition coefficient (Wildman–Crippen LogP) is 5.07. The molecular weight excluding hydrogens is 1130 g/mol. The van der Waals surface area contributed by atoms with Crippen LogP contribution >= 0.6 is 0 Å². The fraction of sp³-hybridized carbons (Fsp3) is 0.533. The van der Waals surface area contributed by atoms with Gasteiger partial charge in [0.15, 0.2) is 5.78 Å². The number of nitrogens with one attached hydrogen (secondary N) is 5. The summed E-state index contributed by atoms with van der Waals surface area (Å²) in [5.41, 5.74) is 11.3. The molecule has 0 fully saturated rings. The first-order valence-electron chi connectivity index (χ1n) is 28.6. The Bertz CT molecular complexity index is 2750. The topological polar surface area (TPSA) is 319 Å². The number of aliphatic hydroxyl groups is 1. The maximum atomic E-state index is 15.2. The van der Waals surface area contributed by atoms with Crippen molar-refractivity contribution in [1.82, 2.24) is 35.7 Å². The lowest BCUT2D eigenvalue weighted by atomic mass is 9.84. The molecule has 0 unspecified atom stereocenters. The number of primary amides is 1. The van der Waals surface area contributed by atoms with E-state index in [4.69, 9.17) is 40.1 Å². The van der Waals surface area contributed by atoms with Gasteiger partial charge in [-0.25, -0.2) is 27.7 Å². The standard InChI is InChI=1S/C60H85F3N10O13/c1-40(2)54(71-51(76)20-24-82-26-28-84-30-31-85-29-27-83-25-22-66-52(77)35-64)50(75)32-43(12-9-21-67-58(65)80)57(79)68-45-16-13-42(14-17-45)39-86-59(81)69-46(34-61)19-23-73(53(78)38-74)55(60(3,4)5)56-70-49(47-33-44(62)15-18-48(47)63)37-72(56)36-41-10-7-6-8-11-41/h6-8,10-11,13-18,33,37,40,43,46,54-55,74H,9,12,19-32,34-36,38-39,64H2,1-5H3,(H,66,77)(H,68,79)(H,69,81)(H,71,76)(H3,65,67,80)/t43-,46+,54+,55+/m1/s1. The van der Waals surface area contributed by atoms with E-state index in [1.54, 1.807) is 48.9 Å². The number of carbonyl (C=O) groups excluding carboxylic acids is 7. The predicted molar refractivity (Wildman–Crippen MR) is 314 cm³/mol. The molecule has 0 aliphatic heterocycles. The normalized spacial score (nSPS) is 12.8. The first-order chi connectivity index (χ1) is 41.1. The Labute approximate surface area is 500 Å². The van der Waals surface area contributed by atoms with E-state index in [0.717, 1.165) is 23.8 Å². The van der Waals surface area contributed by atoms with Crippen LogP contribution in [0.15, 0.2) is 79.0 Å². The van der Waals surface area contributed by atoms with Crippen molar-refractivity contribution in [3.05, 3.63) is 108 Å². The Morgan fingerprint density at radius 2 is 1.43 bits per heavy atom. The molecule has 4 rings (SSSR count). The summed E-state index contributed by atoms with van der Waals surface area (Å²) in [6, 6.07) is 14.9. The van der Waals surface area contributed by atoms with E-state index < -0.39 is 84.2 Å². The number of rotatable bonds is 40. The van der Waals surface area contributed by atoms with Gasteiger partial charge in [-0.1, -0.05) is 77.1 Å². The molecule has 0 spiro atoms. The summed E-state index contributed by atoms with van der Waals surface area (Å²) in [4.78, 5) is 95.9. The quantitative estimate of drug-likeness (QED) is 0.0270. The number of alkyl halides is 1. The molecule has 3 aromatic carbocycles. The number of halogens is 3. The van der Waals surface area contributed by atoms with E-state index in [-0.39, 0.29) is 107 Å². The smallest absolute Gasteiger partial charge is 0.407 e. The number of nitrogens with two attached hydrogens (primary N) is 2. The first-order valence-corrected chi connectivity index (χ1v) is 28.6. The molecule has 4 aromatic rings. The van der Waals surface area contributed by atoms with Gasteiger partial charge in [-0.15, -0.1) is 0 Å². The number of benzene rings is 3. The van der Waals surface area contributed by atoms with E-state index in [2.05, 4.69) is 26.6 Å². The SMILES string of the molecule is CC(C)[C@H](NC(=O)CCOCCOCCOCCOCCNC(=O)CN)C(=O)C[C@@H](CCCNC(N)=O)C(=O)Nc1ccc(COC(=O)N[C@H](CF)CCN(C(=O)CO)[C@@H](c2nc(-c3cc(F)ccc3F)cn2Cc2ccccc2)C(C)(C)C)cc1.